The Morgan fingerprint density at radius 1 is 1.24 bits per heavy atom. The number of hydrogen-bond donors (Lipinski definition) is 1. The van der Waals surface area contributed by atoms with Crippen LogP contribution in [-0.2, 0) is 0 Å². The fourth-order valence-electron chi connectivity index (χ4n) is 2.92. The smallest absolute Gasteiger partial charge is 0.405 e. The molecule has 1 heterocycles. The van der Waals surface area contributed by atoms with Crippen LogP contribution in [0.3, 0.4) is 0 Å². The van der Waals surface area contributed by atoms with Gasteiger partial charge in [-0.2, -0.15) is 0 Å². The van der Waals surface area contributed by atoms with Crippen molar-refractivity contribution in [1.29, 1.82) is 0 Å². The number of ether oxygens (including phenoxy) is 1. The summed E-state index contributed by atoms with van der Waals surface area (Å²) < 4.78 is 43.2. The van der Waals surface area contributed by atoms with Gasteiger partial charge in [0.05, 0.1) is 0 Å². The molecule has 2 rings (SSSR count). The van der Waals surface area contributed by atoms with Crippen LogP contribution in [0.1, 0.15) is 37.8 Å². The first-order chi connectivity index (χ1) is 10.9. The average Bonchev–Trinajstić information content (AvgIpc) is 2.50. The lowest BCUT2D eigenvalue weighted by molar-refractivity contribution is -0.275. The Morgan fingerprint density at radius 3 is 2.44 bits per heavy atom. The fraction of sp³-hybridized carbons (Fsp3) is 0.625. The van der Waals surface area contributed by atoms with Crippen LogP contribution >= 0.6 is 40.7 Å². The number of alkyl halides is 3. The van der Waals surface area contributed by atoms with Crippen LogP contribution in [0.5, 0.6) is 5.75 Å². The highest BCUT2D eigenvalue weighted by molar-refractivity contribution is 9.10. The van der Waals surface area contributed by atoms with Gasteiger partial charge in [0.15, 0.2) is 0 Å². The number of nitrogens with one attached hydrogen (secondary N) is 1. The maximum atomic E-state index is 12.7. The molecule has 3 nitrogen and oxygen atoms in total. The minimum atomic E-state index is -4.68. The Balaban J connectivity index is 0.00000288. The number of hydrogen-bond acceptors (Lipinski definition) is 3. The third-order valence-electron chi connectivity index (χ3n) is 3.98. The second-order valence-corrected chi connectivity index (χ2v) is 6.59. The number of piperazine rings is 1. The second kappa shape index (κ2) is 11.5. The molecule has 9 heteroatoms. The predicted molar refractivity (Wildman–Crippen MR) is 102 cm³/mol. The summed E-state index contributed by atoms with van der Waals surface area (Å²) in [6.45, 7) is 5.44. The van der Waals surface area contributed by atoms with Crippen molar-refractivity contribution in [3.05, 3.63) is 28.2 Å². The molecule has 0 bridgehead atoms. The third-order valence-corrected chi connectivity index (χ3v) is 4.47. The first kappa shape index (κ1) is 24.8. The molecule has 1 aliphatic heterocycles. The molecule has 1 aromatic carbocycles. The second-order valence-electron chi connectivity index (χ2n) is 5.67. The summed E-state index contributed by atoms with van der Waals surface area (Å²) >= 11 is 3.37. The number of halogens is 6. The lowest BCUT2D eigenvalue weighted by Gasteiger charge is -2.36. The maximum Gasteiger partial charge on any atom is 0.573 e. The molecule has 0 aromatic heterocycles. The van der Waals surface area contributed by atoms with Crippen LogP contribution in [0.25, 0.3) is 0 Å². The van der Waals surface area contributed by atoms with Gasteiger partial charge in [0, 0.05) is 42.3 Å². The number of unbranched alkanes of at least 4 members (excludes halogenated alkanes) is 1. The zero-order chi connectivity index (χ0) is 16.9. The van der Waals surface area contributed by atoms with Crippen LogP contribution in [0.2, 0.25) is 0 Å². The zero-order valence-electron chi connectivity index (χ0n) is 13.9. The van der Waals surface area contributed by atoms with E-state index in [1.54, 1.807) is 12.1 Å². The highest BCUT2D eigenvalue weighted by atomic mass is 79.9. The van der Waals surface area contributed by atoms with Crippen molar-refractivity contribution in [2.75, 3.05) is 26.2 Å². The van der Waals surface area contributed by atoms with Crippen molar-refractivity contribution in [3.8, 4) is 5.75 Å². The summed E-state index contributed by atoms with van der Waals surface area (Å²) in [5.41, 5.74) is 0.604. The van der Waals surface area contributed by atoms with Gasteiger partial charge in [-0.15, -0.1) is 38.0 Å². The van der Waals surface area contributed by atoms with Gasteiger partial charge >= 0.3 is 6.36 Å². The fourth-order valence-corrected chi connectivity index (χ4v) is 3.30. The molecule has 1 atom stereocenters. The lowest BCUT2D eigenvalue weighted by Crippen LogP contribution is -2.45. The molecule has 0 saturated carbocycles. The number of rotatable bonds is 6. The normalized spacial score (nSPS) is 16.5. The van der Waals surface area contributed by atoms with Gasteiger partial charge in [-0.25, -0.2) is 0 Å². The Kier molecular flexibility index (Phi) is 11.4. The molecule has 1 aromatic rings. The molecule has 0 radical (unpaired) electrons. The van der Waals surface area contributed by atoms with Crippen LogP contribution in [-0.4, -0.2) is 37.4 Å². The summed E-state index contributed by atoms with van der Waals surface area (Å²) in [5.74, 6) is -0.0969. The average molecular weight is 468 g/mol. The summed E-state index contributed by atoms with van der Waals surface area (Å²) in [7, 11) is 0. The van der Waals surface area contributed by atoms with E-state index < -0.39 is 6.36 Å². The minimum Gasteiger partial charge on any atom is -0.405 e. The predicted octanol–water partition coefficient (Wildman–Crippen LogP) is 5.33. The first-order valence-electron chi connectivity index (χ1n) is 7.90. The van der Waals surface area contributed by atoms with E-state index in [0.717, 1.165) is 49.9 Å². The maximum absolute atomic E-state index is 12.7. The van der Waals surface area contributed by atoms with Crippen molar-refractivity contribution in [2.24, 2.45) is 0 Å². The van der Waals surface area contributed by atoms with Crippen molar-refractivity contribution in [3.63, 3.8) is 0 Å². The number of benzene rings is 1. The van der Waals surface area contributed by atoms with E-state index in [1.165, 1.54) is 6.07 Å². The van der Waals surface area contributed by atoms with Crippen molar-refractivity contribution >= 4 is 40.7 Å². The van der Waals surface area contributed by atoms with Gasteiger partial charge in [-0.3, -0.25) is 4.90 Å². The summed E-state index contributed by atoms with van der Waals surface area (Å²) in [6.07, 6.45) is -1.89. The van der Waals surface area contributed by atoms with Gasteiger partial charge in [-0.1, -0.05) is 35.7 Å². The molecule has 1 aliphatic rings. The molecule has 1 fully saturated rings. The Bertz CT molecular complexity index is 515. The third kappa shape index (κ3) is 7.91. The van der Waals surface area contributed by atoms with E-state index in [1.807, 2.05) is 0 Å². The van der Waals surface area contributed by atoms with Gasteiger partial charge < -0.3 is 10.1 Å². The van der Waals surface area contributed by atoms with Crippen LogP contribution < -0.4 is 10.1 Å². The molecular weight excluding hydrogens is 444 g/mol. The largest absolute Gasteiger partial charge is 0.573 e. The highest BCUT2D eigenvalue weighted by Crippen LogP contribution is 2.37. The quantitative estimate of drug-likeness (QED) is 0.612. The molecule has 0 amide bonds. The molecule has 0 unspecified atom stereocenters. The van der Waals surface area contributed by atoms with E-state index in [-0.39, 0.29) is 36.6 Å². The summed E-state index contributed by atoms with van der Waals surface area (Å²) in [5, 5.41) is 3.28. The topological polar surface area (TPSA) is 24.5 Å². The van der Waals surface area contributed by atoms with Crippen LogP contribution in [0.15, 0.2) is 22.7 Å². The Morgan fingerprint density at radius 2 is 1.88 bits per heavy atom. The Hall–Kier alpha value is -0.210. The van der Waals surface area contributed by atoms with Crippen LogP contribution in [0, 0.1) is 0 Å². The van der Waals surface area contributed by atoms with Crippen LogP contribution in [0.4, 0.5) is 13.2 Å². The monoisotopic (exact) mass is 466 g/mol. The van der Waals surface area contributed by atoms with Gasteiger partial charge in [0.1, 0.15) is 5.75 Å². The Labute approximate surface area is 167 Å². The van der Waals surface area contributed by atoms with Crippen molar-refractivity contribution in [1.82, 2.24) is 10.2 Å². The molecular formula is C16H24BrCl2F3N2O. The lowest BCUT2D eigenvalue weighted by atomic mass is 9.98. The SMILES string of the molecule is CCCC[C@@H](c1cc(Br)ccc1OC(F)(F)F)N1CCNCC1.Cl.Cl. The van der Waals surface area contributed by atoms with E-state index in [9.17, 15) is 13.2 Å². The number of nitrogens with zero attached hydrogens (tertiary/aromatic N) is 1. The van der Waals surface area contributed by atoms with Gasteiger partial charge in [-0.05, 0) is 24.6 Å². The zero-order valence-corrected chi connectivity index (χ0v) is 17.2. The minimum absolute atomic E-state index is 0. The van der Waals surface area contributed by atoms with Crippen molar-refractivity contribution < 1.29 is 17.9 Å². The first-order valence-corrected chi connectivity index (χ1v) is 8.70. The molecule has 146 valence electrons. The molecule has 25 heavy (non-hydrogen) atoms. The van der Waals surface area contributed by atoms with E-state index in [2.05, 4.69) is 37.8 Å². The van der Waals surface area contributed by atoms with Gasteiger partial charge in [0.25, 0.3) is 0 Å². The summed E-state index contributed by atoms with van der Waals surface area (Å²) in [6, 6.07) is 4.67. The van der Waals surface area contributed by atoms with Gasteiger partial charge in [0.2, 0.25) is 0 Å². The highest BCUT2D eigenvalue weighted by Gasteiger charge is 2.34. The van der Waals surface area contributed by atoms with E-state index in [0.29, 0.717) is 5.56 Å². The van der Waals surface area contributed by atoms with Crippen molar-refractivity contribution in [2.45, 2.75) is 38.6 Å². The summed E-state index contributed by atoms with van der Waals surface area (Å²) in [4.78, 5) is 2.25. The van der Waals surface area contributed by atoms with E-state index in [4.69, 9.17) is 0 Å². The molecule has 0 aliphatic carbocycles. The molecule has 1 N–H and O–H groups in total. The standard InChI is InChI=1S/C16H22BrF3N2O.2ClH/c1-2-3-4-14(22-9-7-21-8-10-22)13-11-12(17)5-6-15(13)23-16(18,19)20;;/h5-6,11,14,21H,2-4,7-10H2,1H3;2*1H/t14-;;/m0../s1. The van der Waals surface area contributed by atoms with E-state index >= 15 is 0 Å². The molecule has 1 saturated heterocycles. The molecule has 0 spiro atoms.